The third kappa shape index (κ3) is 2.23. The second kappa shape index (κ2) is 4.43. The Balaban J connectivity index is 2.57. The van der Waals surface area contributed by atoms with E-state index in [1.54, 1.807) is 0 Å². The summed E-state index contributed by atoms with van der Waals surface area (Å²) < 4.78 is 0. The fourth-order valence-corrected chi connectivity index (χ4v) is 2.32. The van der Waals surface area contributed by atoms with E-state index in [0.29, 0.717) is 12.5 Å². The van der Waals surface area contributed by atoms with E-state index in [4.69, 9.17) is 5.73 Å². The molecule has 1 aliphatic carbocycles. The van der Waals surface area contributed by atoms with Gasteiger partial charge in [-0.1, -0.05) is 26.7 Å². The summed E-state index contributed by atoms with van der Waals surface area (Å²) in [6, 6.07) is 0. The first-order valence-corrected chi connectivity index (χ1v) is 5.52. The second-order valence-corrected chi connectivity index (χ2v) is 4.70. The summed E-state index contributed by atoms with van der Waals surface area (Å²) >= 11 is 0. The van der Waals surface area contributed by atoms with E-state index in [9.17, 15) is 5.11 Å². The Morgan fingerprint density at radius 2 is 2.00 bits per heavy atom. The Labute approximate surface area is 81.5 Å². The topological polar surface area (TPSA) is 46.2 Å². The van der Waals surface area contributed by atoms with Crippen molar-refractivity contribution in [1.82, 2.24) is 0 Å². The van der Waals surface area contributed by atoms with Crippen molar-refractivity contribution in [3.05, 3.63) is 0 Å². The van der Waals surface area contributed by atoms with Crippen LogP contribution in [0, 0.1) is 11.3 Å². The predicted octanol–water partition coefficient (Wildman–Crippen LogP) is 1.91. The maximum atomic E-state index is 10.2. The van der Waals surface area contributed by atoms with Crippen LogP contribution in [0.15, 0.2) is 0 Å². The number of rotatable bonds is 4. The molecule has 0 bridgehead atoms. The first kappa shape index (κ1) is 11.0. The third-order valence-corrected chi connectivity index (χ3v) is 3.83. The molecule has 0 aromatic carbocycles. The maximum absolute atomic E-state index is 10.2. The van der Waals surface area contributed by atoms with Crippen molar-refractivity contribution < 1.29 is 5.11 Å². The normalized spacial score (nSPS) is 25.8. The average molecular weight is 185 g/mol. The van der Waals surface area contributed by atoms with E-state index in [2.05, 4.69) is 13.8 Å². The van der Waals surface area contributed by atoms with Gasteiger partial charge in [-0.2, -0.15) is 0 Å². The van der Waals surface area contributed by atoms with Gasteiger partial charge in [-0.3, -0.25) is 0 Å². The lowest BCUT2D eigenvalue weighted by molar-refractivity contribution is -0.00460. The molecule has 0 saturated heterocycles. The molecule has 13 heavy (non-hydrogen) atoms. The van der Waals surface area contributed by atoms with Crippen molar-refractivity contribution in [3.8, 4) is 0 Å². The Kier molecular flexibility index (Phi) is 3.74. The van der Waals surface area contributed by atoms with Gasteiger partial charge in [0.1, 0.15) is 0 Å². The van der Waals surface area contributed by atoms with Crippen LogP contribution in [0.4, 0.5) is 0 Å². The molecule has 78 valence electrons. The molecule has 0 aromatic heterocycles. The van der Waals surface area contributed by atoms with E-state index >= 15 is 0 Å². The quantitative estimate of drug-likeness (QED) is 0.703. The van der Waals surface area contributed by atoms with E-state index in [1.807, 2.05) is 0 Å². The molecule has 2 nitrogen and oxygen atoms in total. The molecule has 1 fully saturated rings. The Morgan fingerprint density at radius 3 is 2.38 bits per heavy atom. The fourth-order valence-electron chi connectivity index (χ4n) is 2.32. The number of hydrogen-bond acceptors (Lipinski definition) is 2. The molecule has 0 aliphatic heterocycles. The fraction of sp³-hybridized carbons (Fsp3) is 1.00. The van der Waals surface area contributed by atoms with Crippen LogP contribution in [0.1, 0.15) is 46.0 Å². The molecule has 1 aliphatic rings. The monoisotopic (exact) mass is 185 g/mol. The van der Waals surface area contributed by atoms with Crippen molar-refractivity contribution in [1.29, 1.82) is 0 Å². The molecule has 0 amide bonds. The van der Waals surface area contributed by atoms with Crippen LogP contribution in [0.3, 0.4) is 0 Å². The molecular formula is C11H23NO. The van der Waals surface area contributed by atoms with Gasteiger partial charge in [0.15, 0.2) is 0 Å². The standard InChI is InChI=1S/C11H23NO/c1-3-11(2,8-12)10(13)9-6-4-5-7-9/h9-10,13H,3-8,12H2,1-2H3. The summed E-state index contributed by atoms with van der Waals surface area (Å²) in [4.78, 5) is 0. The minimum Gasteiger partial charge on any atom is -0.392 e. The van der Waals surface area contributed by atoms with Crippen molar-refractivity contribution in [2.24, 2.45) is 17.1 Å². The van der Waals surface area contributed by atoms with Crippen LogP contribution >= 0.6 is 0 Å². The molecule has 0 radical (unpaired) electrons. The van der Waals surface area contributed by atoms with Crippen LogP contribution in [0.5, 0.6) is 0 Å². The highest BCUT2D eigenvalue weighted by atomic mass is 16.3. The zero-order valence-corrected chi connectivity index (χ0v) is 8.92. The third-order valence-electron chi connectivity index (χ3n) is 3.83. The molecule has 2 atom stereocenters. The summed E-state index contributed by atoms with van der Waals surface area (Å²) in [5.41, 5.74) is 5.67. The Hall–Kier alpha value is -0.0800. The number of hydrogen-bond donors (Lipinski definition) is 2. The van der Waals surface area contributed by atoms with Gasteiger partial charge in [0, 0.05) is 12.0 Å². The van der Waals surface area contributed by atoms with Gasteiger partial charge in [0.05, 0.1) is 6.10 Å². The van der Waals surface area contributed by atoms with Crippen LogP contribution in [0.2, 0.25) is 0 Å². The summed E-state index contributed by atoms with van der Waals surface area (Å²) in [6.45, 7) is 4.82. The van der Waals surface area contributed by atoms with Crippen LogP contribution < -0.4 is 5.73 Å². The first-order valence-electron chi connectivity index (χ1n) is 5.52. The molecule has 1 saturated carbocycles. The van der Waals surface area contributed by atoms with Gasteiger partial charge in [-0.15, -0.1) is 0 Å². The zero-order chi connectivity index (χ0) is 9.90. The van der Waals surface area contributed by atoms with Gasteiger partial charge in [0.2, 0.25) is 0 Å². The molecular weight excluding hydrogens is 162 g/mol. The molecule has 2 unspecified atom stereocenters. The van der Waals surface area contributed by atoms with E-state index in [1.165, 1.54) is 25.7 Å². The molecule has 2 heteroatoms. The van der Waals surface area contributed by atoms with E-state index in [-0.39, 0.29) is 11.5 Å². The van der Waals surface area contributed by atoms with Crippen molar-refractivity contribution in [3.63, 3.8) is 0 Å². The lowest BCUT2D eigenvalue weighted by atomic mass is 9.75. The highest BCUT2D eigenvalue weighted by molar-refractivity contribution is 4.88. The van der Waals surface area contributed by atoms with E-state index in [0.717, 1.165) is 6.42 Å². The van der Waals surface area contributed by atoms with Crippen LogP contribution in [-0.2, 0) is 0 Å². The Morgan fingerprint density at radius 1 is 1.46 bits per heavy atom. The van der Waals surface area contributed by atoms with Gasteiger partial charge in [-0.05, 0) is 25.2 Å². The summed E-state index contributed by atoms with van der Waals surface area (Å²) in [6.07, 6.45) is 5.73. The zero-order valence-electron chi connectivity index (χ0n) is 8.92. The SMILES string of the molecule is CCC(C)(CN)C(O)C1CCCC1. The molecule has 0 spiro atoms. The van der Waals surface area contributed by atoms with Gasteiger partial charge in [0.25, 0.3) is 0 Å². The van der Waals surface area contributed by atoms with Crippen molar-refractivity contribution >= 4 is 0 Å². The lowest BCUT2D eigenvalue weighted by Crippen LogP contribution is -2.42. The average Bonchev–Trinajstić information content (AvgIpc) is 2.68. The van der Waals surface area contributed by atoms with Crippen LogP contribution in [-0.4, -0.2) is 17.8 Å². The largest absolute Gasteiger partial charge is 0.392 e. The Bertz CT molecular complexity index is 148. The first-order chi connectivity index (χ1) is 6.14. The van der Waals surface area contributed by atoms with Gasteiger partial charge >= 0.3 is 0 Å². The molecule has 1 rings (SSSR count). The number of nitrogens with two attached hydrogens (primary N) is 1. The summed E-state index contributed by atoms with van der Waals surface area (Å²) in [7, 11) is 0. The van der Waals surface area contributed by atoms with E-state index < -0.39 is 0 Å². The van der Waals surface area contributed by atoms with Gasteiger partial charge in [-0.25, -0.2) is 0 Å². The number of aliphatic hydroxyl groups excluding tert-OH is 1. The predicted molar refractivity (Wildman–Crippen MR) is 55.4 cm³/mol. The molecule has 3 N–H and O–H groups in total. The maximum Gasteiger partial charge on any atom is 0.0633 e. The van der Waals surface area contributed by atoms with Crippen molar-refractivity contribution in [2.45, 2.75) is 52.1 Å². The summed E-state index contributed by atoms with van der Waals surface area (Å²) in [5.74, 6) is 0.508. The van der Waals surface area contributed by atoms with Crippen LogP contribution in [0.25, 0.3) is 0 Å². The molecule has 0 aromatic rings. The van der Waals surface area contributed by atoms with Crippen molar-refractivity contribution in [2.75, 3.05) is 6.54 Å². The summed E-state index contributed by atoms with van der Waals surface area (Å²) in [5, 5.41) is 10.2. The number of aliphatic hydroxyl groups is 1. The molecule has 0 heterocycles. The minimum atomic E-state index is -0.190. The van der Waals surface area contributed by atoms with Gasteiger partial charge < -0.3 is 10.8 Å². The second-order valence-electron chi connectivity index (χ2n) is 4.70. The highest BCUT2D eigenvalue weighted by Crippen LogP contribution is 2.37. The highest BCUT2D eigenvalue weighted by Gasteiger charge is 2.36. The minimum absolute atomic E-state index is 0.0605. The smallest absolute Gasteiger partial charge is 0.0633 e. The lowest BCUT2D eigenvalue weighted by Gasteiger charge is -2.36.